The number of nitrogens with zero attached hydrogens (tertiary/aromatic N) is 3. The van der Waals surface area contributed by atoms with Gasteiger partial charge in [0.2, 0.25) is 0 Å². The first-order chi connectivity index (χ1) is 8.66. The highest BCUT2D eigenvalue weighted by Gasteiger charge is 2.05. The lowest BCUT2D eigenvalue weighted by molar-refractivity contribution is 0.0690. The van der Waals surface area contributed by atoms with Gasteiger partial charge in [-0.25, -0.2) is 14.8 Å². The highest BCUT2D eigenvalue weighted by Crippen LogP contribution is 2.08. The standard InChI is InChI=1S/C12H14N4O2/c1-16-7-6-15-11(16)3-5-13-9-2-4-14-10(8-9)12(17)18/h2,4,6-8H,3,5H2,1H3,(H,13,14)(H,17,18). The number of carbonyl (C=O) groups is 1. The van der Waals surface area contributed by atoms with Crippen LogP contribution in [0.5, 0.6) is 0 Å². The molecule has 0 radical (unpaired) electrons. The SMILES string of the molecule is Cn1ccnc1CCNc1ccnc(C(=O)O)c1. The van der Waals surface area contributed by atoms with Crippen LogP contribution in [-0.4, -0.2) is 32.2 Å². The van der Waals surface area contributed by atoms with Crippen LogP contribution >= 0.6 is 0 Å². The van der Waals surface area contributed by atoms with E-state index < -0.39 is 5.97 Å². The molecule has 0 aliphatic carbocycles. The largest absolute Gasteiger partial charge is 0.477 e. The number of aromatic carboxylic acids is 1. The second kappa shape index (κ2) is 5.31. The van der Waals surface area contributed by atoms with E-state index in [1.165, 1.54) is 12.3 Å². The third-order valence-electron chi connectivity index (χ3n) is 2.58. The Hall–Kier alpha value is -2.37. The summed E-state index contributed by atoms with van der Waals surface area (Å²) in [5.41, 5.74) is 0.786. The first-order valence-corrected chi connectivity index (χ1v) is 5.56. The second-order valence-corrected chi connectivity index (χ2v) is 3.87. The molecule has 0 spiro atoms. The number of hydrogen-bond donors (Lipinski definition) is 2. The number of hydrogen-bond acceptors (Lipinski definition) is 4. The fraction of sp³-hybridized carbons (Fsp3) is 0.250. The Morgan fingerprint density at radius 1 is 1.44 bits per heavy atom. The van der Waals surface area contributed by atoms with Gasteiger partial charge in [-0.05, 0) is 12.1 Å². The zero-order valence-electron chi connectivity index (χ0n) is 10.00. The molecule has 0 atom stereocenters. The Balaban J connectivity index is 1.92. The van der Waals surface area contributed by atoms with Crippen LogP contribution in [-0.2, 0) is 13.5 Å². The van der Waals surface area contributed by atoms with Crippen LogP contribution in [0.25, 0.3) is 0 Å². The number of rotatable bonds is 5. The van der Waals surface area contributed by atoms with Crippen LogP contribution in [0.4, 0.5) is 5.69 Å². The Kier molecular flexibility index (Phi) is 3.57. The van der Waals surface area contributed by atoms with Crippen LogP contribution in [0.3, 0.4) is 0 Å². The van der Waals surface area contributed by atoms with Crippen LogP contribution in [0, 0.1) is 0 Å². The Morgan fingerprint density at radius 3 is 2.94 bits per heavy atom. The average Bonchev–Trinajstić information content (AvgIpc) is 2.76. The molecule has 0 unspecified atom stereocenters. The minimum Gasteiger partial charge on any atom is -0.477 e. The molecule has 0 saturated carbocycles. The summed E-state index contributed by atoms with van der Waals surface area (Å²) in [6.07, 6.45) is 5.90. The van der Waals surface area contributed by atoms with Crippen LogP contribution in [0.2, 0.25) is 0 Å². The second-order valence-electron chi connectivity index (χ2n) is 3.87. The minimum absolute atomic E-state index is 0.0389. The highest BCUT2D eigenvalue weighted by molar-refractivity contribution is 5.86. The van der Waals surface area contributed by atoms with E-state index in [1.54, 1.807) is 12.3 Å². The summed E-state index contributed by atoms with van der Waals surface area (Å²) < 4.78 is 1.96. The van der Waals surface area contributed by atoms with Crippen LogP contribution < -0.4 is 5.32 Å². The van der Waals surface area contributed by atoms with Crippen molar-refractivity contribution in [1.29, 1.82) is 0 Å². The van der Waals surface area contributed by atoms with Crippen molar-refractivity contribution in [2.75, 3.05) is 11.9 Å². The van der Waals surface area contributed by atoms with Crippen molar-refractivity contribution in [3.8, 4) is 0 Å². The molecular formula is C12H14N4O2. The van der Waals surface area contributed by atoms with E-state index in [0.29, 0.717) is 6.54 Å². The number of pyridine rings is 1. The van der Waals surface area contributed by atoms with Crippen LogP contribution in [0.15, 0.2) is 30.7 Å². The van der Waals surface area contributed by atoms with Gasteiger partial charge in [-0.1, -0.05) is 0 Å². The molecule has 2 rings (SSSR count). The molecule has 2 heterocycles. The van der Waals surface area contributed by atoms with Gasteiger partial charge in [0.15, 0.2) is 0 Å². The number of anilines is 1. The highest BCUT2D eigenvalue weighted by atomic mass is 16.4. The first-order valence-electron chi connectivity index (χ1n) is 5.56. The van der Waals surface area contributed by atoms with Crippen molar-refractivity contribution >= 4 is 11.7 Å². The Labute approximate surface area is 104 Å². The fourth-order valence-corrected chi connectivity index (χ4v) is 1.61. The van der Waals surface area contributed by atoms with Gasteiger partial charge in [0.05, 0.1) is 0 Å². The van der Waals surface area contributed by atoms with E-state index in [4.69, 9.17) is 5.11 Å². The summed E-state index contributed by atoms with van der Waals surface area (Å²) in [6, 6.07) is 3.26. The summed E-state index contributed by atoms with van der Waals surface area (Å²) in [6.45, 7) is 0.688. The smallest absolute Gasteiger partial charge is 0.354 e. The number of carboxylic acid groups (broad SMARTS) is 1. The molecule has 2 N–H and O–H groups in total. The molecule has 94 valence electrons. The number of aromatic nitrogens is 3. The van der Waals surface area contributed by atoms with E-state index in [0.717, 1.165) is 17.9 Å². The molecule has 0 bridgehead atoms. The topological polar surface area (TPSA) is 80.0 Å². The molecule has 18 heavy (non-hydrogen) atoms. The summed E-state index contributed by atoms with van der Waals surface area (Å²) in [7, 11) is 1.94. The maximum absolute atomic E-state index is 10.8. The minimum atomic E-state index is -1.03. The number of aryl methyl sites for hydroxylation is 1. The molecule has 6 nitrogen and oxygen atoms in total. The van der Waals surface area contributed by atoms with Gasteiger partial charge >= 0.3 is 5.97 Å². The number of nitrogens with one attached hydrogen (secondary N) is 1. The van der Waals surface area contributed by atoms with Crippen LogP contribution in [0.1, 0.15) is 16.3 Å². The number of carboxylic acids is 1. The Morgan fingerprint density at radius 2 is 2.28 bits per heavy atom. The average molecular weight is 246 g/mol. The van der Waals surface area contributed by atoms with Gasteiger partial charge in [-0.15, -0.1) is 0 Å². The molecular weight excluding hydrogens is 232 g/mol. The van der Waals surface area contributed by atoms with Gasteiger partial charge in [-0.2, -0.15) is 0 Å². The van der Waals surface area contributed by atoms with Crippen molar-refractivity contribution in [1.82, 2.24) is 14.5 Å². The molecule has 2 aromatic heterocycles. The quantitative estimate of drug-likeness (QED) is 0.827. The molecule has 2 aromatic rings. The van der Waals surface area contributed by atoms with Crippen molar-refractivity contribution < 1.29 is 9.90 Å². The predicted molar refractivity (Wildman–Crippen MR) is 66.6 cm³/mol. The zero-order chi connectivity index (χ0) is 13.0. The molecule has 0 saturated heterocycles. The van der Waals surface area contributed by atoms with Crippen molar-refractivity contribution in [2.24, 2.45) is 7.05 Å². The fourth-order valence-electron chi connectivity index (χ4n) is 1.61. The monoisotopic (exact) mass is 246 g/mol. The van der Waals surface area contributed by atoms with Crippen molar-refractivity contribution in [3.63, 3.8) is 0 Å². The summed E-state index contributed by atoms with van der Waals surface area (Å²) in [5.74, 6) is -0.0437. The lowest BCUT2D eigenvalue weighted by Crippen LogP contribution is -2.09. The lowest BCUT2D eigenvalue weighted by atomic mass is 10.3. The van der Waals surface area contributed by atoms with E-state index >= 15 is 0 Å². The lowest BCUT2D eigenvalue weighted by Gasteiger charge is -2.06. The third kappa shape index (κ3) is 2.85. The normalized spacial score (nSPS) is 10.3. The van der Waals surface area contributed by atoms with Gasteiger partial charge < -0.3 is 15.0 Å². The van der Waals surface area contributed by atoms with Gasteiger partial charge in [0.1, 0.15) is 11.5 Å². The van der Waals surface area contributed by atoms with E-state index in [-0.39, 0.29) is 5.69 Å². The van der Waals surface area contributed by atoms with E-state index in [9.17, 15) is 4.79 Å². The van der Waals surface area contributed by atoms with Gasteiger partial charge in [-0.3, -0.25) is 0 Å². The van der Waals surface area contributed by atoms with Gasteiger partial charge in [0, 0.05) is 44.3 Å². The summed E-state index contributed by atoms with van der Waals surface area (Å²) in [5, 5.41) is 12.0. The Bertz CT molecular complexity index is 551. The number of imidazole rings is 1. The molecule has 0 aliphatic heterocycles. The maximum atomic E-state index is 10.8. The molecule has 0 fully saturated rings. The maximum Gasteiger partial charge on any atom is 0.354 e. The van der Waals surface area contributed by atoms with E-state index in [1.807, 2.05) is 17.8 Å². The molecule has 0 aliphatic rings. The van der Waals surface area contributed by atoms with E-state index in [2.05, 4.69) is 15.3 Å². The molecule has 0 amide bonds. The molecule has 0 aromatic carbocycles. The summed E-state index contributed by atoms with van der Waals surface area (Å²) >= 11 is 0. The van der Waals surface area contributed by atoms with Crippen molar-refractivity contribution in [3.05, 3.63) is 42.2 Å². The zero-order valence-corrected chi connectivity index (χ0v) is 10.00. The first kappa shape index (κ1) is 12.1. The van der Waals surface area contributed by atoms with Crippen molar-refractivity contribution in [2.45, 2.75) is 6.42 Å². The summed E-state index contributed by atoms with van der Waals surface area (Å²) in [4.78, 5) is 18.7. The van der Waals surface area contributed by atoms with Gasteiger partial charge in [0.25, 0.3) is 0 Å². The third-order valence-corrected chi connectivity index (χ3v) is 2.58. The predicted octanol–water partition coefficient (Wildman–Crippen LogP) is 1.17. The molecule has 6 heteroatoms.